The van der Waals surface area contributed by atoms with Crippen LogP contribution in [0.4, 0.5) is 0 Å². The van der Waals surface area contributed by atoms with Crippen molar-refractivity contribution >= 4 is 5.97 Å². The van der Waals surface area contributed by atoms with Gasteiger partial charge in [0.2, 0.25) is 0 Å². The highest BCUT2D eigenvalue weighted by atomic mass is 16.6. The molecule has 0 N–H and O–H groups in total. The first-order valence-corrected chi connectivity index (χ1v) is 8.11. The molecule has 0 aliphatic carbocycles. The van der Waals surface area contributed by atoms with Gasteiger partial charge in [-0.1, -0.05) is 36.4 Å². The number of carbonyl (C=O) groups excluding carboxylic acids is 1. The highest BCUT2D eigenvalue weighted by molar-refractivity contribution is 5.75. The van der Waals surface area contributed by atoms with E-state index in [2.05, 4.69) is 0 Å². The van der Waals surface area contributed by atoms with Gasteiger partial charge in [-0.25, -0.2) is 0 Å². The lowest BCUT2D eigenvalue weighted by Crippen LogP contribution is -2.29. The largest absolute Gasteiger partial charge is 0.494 e. The molecule has 0 atom stereocenters. The normalized spacial score (nSPS) is 10.9. The molecule has 0 saturated heterocycles. The topological polar surface area (TPSA) is 44.8 Å². The van der Waals surface area contributed by atoms with Crippen LogP contribution in [0.1, 0.15) is 20.3 Å². The molecule has 128 valence electrons. The highest BCUT2D eigenvalue weighted by Gasteiger charge is 2.29. The molecule has 24 heavy (non-hydrogen) atoms. The Morgan fingerprint density at radius 3 is 1.83 bits per heavy atom. The average molecular weight is 328 g/mol. The predicted octanol–water partition coefficient (Wildman–Crippen LogP) is 4.10. The zero-order valence-electron chi connectivity index (χ0n) is 14.2. The van der Waals surface area contributed by atoms with Gasteiger partial charge in [-0.3, -0.25) is 4.79 Å². The predicted molar refractivity (Wildman–Crippen MR) is 93.2 cm³/mol. The van der Waals surface area contributed by atoms with Crippen molar-refractivity contribution in [1.82, 2.24) is 0 Å². The molecule has 0 aliphatic heterocycles. The molecule has 0 aromatic heterocycles. The molecule has 0 unspecified atom stereocenters. The first-order chi connectivity index (χ1) is 11.6. The summed E-state index contributed by atoms with van der Waals surface area (Å²) in [5.41, 5.74) is -0.596. The molecule has 2 aromatic carbocycles. The zero-order chi connectivity index (χ0) is 17.3. The van der Waals surface area contributed by atoms with E-state index in [9.17, 15) is 4.79 Å². The van der Waals surface area contributed by atoms with Gasteiger partial charge >= 0.3 is 5.97 Å². The summed E-state index contributed by atoms with van der Waals surface area (Å²) in [7, 11) is 0. The number of hydrogen-bond acceptors (Lipinski definition) is 4. The van der Waals surface area contributed by atoms with Crippen molar-refractivity contribution in [3.8, 4) is 11.5 Å². The fourth-order valence-corrected chi connectivity index (χ4v) is 2.05. The van der Waals surface area contributed by atoms with Crippen LogP contribution in [0.3, 0.4) is 0 Å². The number of para-hydroxylation sites is 2. The van der Waals surface area contributed by atoms with E-state index < -0.39 is 5.41 Å². The fourth-order valence-electron chi connectivity index (χ4n) is 2.05. The highest BCUT2D eigenvalue weighted by Crippen LogP contribution is 2.23. The van der Waals surface area contributed by atoms with Crippen LogP contribution in [0.2, 0.25) is 0 Å². The summed E-state index contributed by atoms with van der Waals surface area (Å²) in [5.74, 6) is 1.33. The molecule has 0 fully saturated rings. The monoisotopic (exact) mass is 328 g/mol. The van der Waals surface area contributed by atoms with Crippen LogP contribution < -0.4 is 9.47 Å². The minimum atomic E-state index is -0.596. The molecule has 4 heteroatoms. The van der Waals surface area contributed by atoms with Crippen LogP contribution >= 0.6 is 0 Å². The van der Waals surface area contributed by atoms with Gasteiger partial charge in [0.25, 0.3) is 0 Å². The maximum absolute atomic E-state index is 12.2. The van der Waals surface area contributed by atoms with Crippen molar-refractivity contribution in [2.24, 2.45) is 5.41 Å². The van der Waals surface area contributed by atoms with Gasteiger partial charge in [0.05, 0.1) is 12.0 Å². The molecule has 0 saturated carbocycles. The Hall–Kier alpha value is -2.49. The molecule has 2 rings (SSSR count). The molecule has 0 bridgehead atoms. The summed E-state index contributed by atoms with van der Waals surface area (Å²) < 4.78 is 16.5. The van der Waals surface area contributed by atoms with E-state index in [4.69, 9.17) is 14.2 Å². The van der Waals surface area contributed by atoms with Gasteiger partial charge in [-0.05, 0) is 44.5 Å². The van der Waals surface area contributed by atoms with E-state index >= 15 is 0 Å². The van der Waals surface area contributed by atoms with Crippen molar-refractivity contribution in [1.29, 1.82) is 0 Å². The number of ether oxygens (including phenoxy) is 3. The molecule has 0 radical (unpaired) electrons. The van der Waals surface area contributed by atoms with Gasteiger partial charge in [0.15, 0.2) is 0 Å². The van der Waals surface area contributed by atoms with E-state index in [1.54, 1.807) is 0 Å². The third-order valence-electron chi connectivity index (χ3n) is 3.62. The van der Waals surface area contributed by atoms with Crippen molar-refractivity contribution in [2.45, 2.75) is 20.3 Å². The maximum Gasteiger partial charge on any atom is 0.311 e. The third-order valence-corrected chi connectivity index (χ3v) is 3.62. The zero-order valence-corrected chi connectivity index (χ0v) is 14.2. The van der Waals surface area contributed by atoms with Crippen molar-refractivity contribution in [3.63, 3.8) is 0 Å². The first kappa shape index (κ1) is 17.9. The van der Waals surface area contributed by atoms with Crippen LogP contribution in [0, 0.1) is 5.41 Å². The van der Waals surface area contributed by atoms with Gasteiger partial charge in [0.1, 0.15) is 24.7 Å². The lowest BCUT2D eigenvalue weighted by atomic mass is 9.90. The Bertz CT molecular complexity index is 608. The Labute approximate surface area is 143 Å². The van der Waals surface area contributed by atoms with Gasteiger partial charge in [-0.2, -0.15) is 0 Å². The van der Waals surface area contributed by atoms with Crippen molar-refractivity contribution in [2.75, 3.05) is 19.8 Å². The van der Waals surface area contributed by atoms with Crippen LogP contribution in [-0.2, 0) is 9.53 Å². The van der Waals surface area contributed by atoms with Gasteiger partial charge in [-0.15, -0.1) is 0 Å². The lowest BCUT2D eigenvalue weighted by Gasteiger charge is -2.22. The summed E-state index contributed by atoms with van der Waals surface area (Å²) in [6, 6.07) is 19.0. The molecule has 2 aromatic rings. The summed E-state index contributed by atoms with van der Waals surface area (Å²) in [5, 5.41) is 0. The SMILES string of the molecule is CC(C)(CCOc1ccccc1)C(=O)OCCOc1ccccc1. The maximum atomic E-state index is 12.2. The molecular formula is C20H24O4. The standard InChI is InChI=1S/C20H24O4/c1-20(2,13-14-22-17-9-5-3-6-10-17)19(21)24-16-15-23-18-11-7-4-8-12-18/h3-12H,13-16H2,1-2H3. The number of esters is 1. The Kier molecular flexibility index (Phi) is 6.67. The molecule has 0 spiro atoms. The molecular weight excluding hydrogens is 304 g/mol. The van der Waals surface area contributed by atoms with Crippen LogP contribution in [-0.4, -0.2) is 25.8 Å². The molecule has 0 amide bonds. The average Bonchev–Trinajstić information content (AvgIpc) is 2.60. The number of hydrogen-bond donors (Lipinski definition) is 0. The summed E-state index contributed by atoms with van der Waals surface area (Å²) >= 11 is 0. The smallest absolute Gasteiger partial charge is 0.311 e. The number of benzene rings is 2. The number of rotatable bonds is 9. The van der Waals surface area contributed by atoms with Crippen LogP contribution in [0.15, 0.2) is 60.7 Å². The summed E-state index contributed by atoms with van der Waals surface area (Å²) in [4.78, 5) is 12.2. The summed E-state index contributed by atoms with van der Waals surface area (Å²) in [6.45, 7) is 4.76. The van der Waals surface area contributed by atoms with Crippen LogP contribution in [0.25, 0.3) is 0 Å². The second kappa shape index (κ2) is 8.96. The fraction of sp³-hybridized carbons (Fsp3) is 0.350. The lowest BCUT2D eigenvalue weighted by molar-refractivity contribution is -0.155. The Morgan fingerprint density at radius 2 is 1.29 bits per heavy atom. The second-order valence-corrected chi connectivity index (χ2v) is 6.09. The Balaban J connectivity index is 1.66. The van der Waals surface area contributed by atoms with E-state index in [0.29, 0.717) is 19.6 Å². The van der Waals surface area contributed by atoms with E-state index in [0.717, 1.165) is 11.5 Å². The number of carbonyl (C=O) groups is 1. The minimum absolute atomic E-state index is 0.233. The third kappa shape index (κ3) is 5.95. The van der Waals surface area contributed by atoms with Gasteiger partial charge in [0, 0.05) is 0 Å². The Morgan fingerprint density at radius 1 is 0.792 bits per heavy atom. The van der Waals surface area contributed by atoms with Crippen LogP contribution in [0.5, 0.6) is 11.5 Å². The van der Waals surface area contributed by atoms with E-state index in [1.165, 1.54) is 0 Å². The van der Waals surface area contributed by atoms with Crippen molar-refractivity contribution < 1.29 is 19.0 Å². The second-order valence-electron chi connectivity index (χ2n) is 6.09. The van der Waals surface area contributed by atoms with E-state index in [1.807, 2.05) is 74.5 Å². The minimum Gasteiger partial charge on any atom is -0.494 e. The molecule has 4 nitrogen and oxygen atoms in total. The molecule has 0 heterocycles. The van der Waals surface area contributed by atoms with Crippen molar-refractivity contribution in [3.05, 3.63) is 60.7 Å². The first-order valence-electron chi connectivity index (χ1n) is 8.11. The van der Waals surface area contributed by atoms with Gasteiger partial charge < -0.3 is 14.2 Å². The van der Waals surface area contributed by atoms with E-state index in [-0.39, 0.29) is 12.6 Å². The quantitative estimate of drug-likeness (QED) is 0.513. The molecule has 0 aliphatic rings. The summed E-state index contributed by atoms with van der Waals surface area (Å²) in [6.07, 6.45) is 0.584.